The maximum absolute atomic E-state index is 12.9. The molecule has 2 N–H and O–H groups in total. The molecule has 1 amide bonds. The van der Waals surface area contributed by atoms with Gasteiger partial charge in [0.1, 0.15) is 5.00 Å². The molecule has 1 aromatic carbocycles. The van der Waals surface area contributed by atoms with Gasteiger partial charge in [-0.2, -0.15) is 5.10 Å². The minimum Gasteiger partial charge on any atom is -0.465 e. The topological polar surface area (TPSA) is 88.5 Å². The summed E-state index contributed by atoms with van der Waals surface area (Å²) < 4.78 is 6.77. The van der Waals surface area contributed by atoms with Gasteiger partial charge >= 0.3 is 5.97 Å². The summed E-state index contributed by atoms with van der Waals surface area (Å²) in [4.78, 5) is 27.6. The lowest BCUT2D eigenvalue weighted by Crippen LogP contribution is -2.30. The van der Waals surface area contributed by atoms with Gasteiger partial charge in [-0.1, -0.05) is 29.8 Å². The highest BCUT2D eigenvalue weighted by Crippen LogP contribution is 2.34. The summed E-state index contributed by atoms with van der Waals surface area (Å²) in [5.41, 5.74) is 3.94. The molecule has 180 valence electrons. The van der Waals surface area contributed by atoms with E-state index < -0.39 is 5.97 Å². The van der Waals surface area contributed by atoms with E-state index in [1.54, 1.807) is 18.0 Å². The number of amides is 1. The van der Waals surface area contributed by atoms with Crippen LogP contribution < -0.4 is 10.6 Å². The van der Waals surface area contributed by atoms with Gasteiger partial charge in [-0.15, -0.1) is 11.3 Å². The number of thiophene rings is 1. The van der Waals surface area contributed by atoms with Crippen molar-refractivity contribution < 1.29 is 14.3 Å². The van der Waals surface area contributed by atoms with E-state index in [4.69, 9.17) is 17.0 Å². The molecular formula is C24H29N5O3S2. The number of carbonyl (C=O) groups excluding carboxylic acids is 2. The molecule has 0 radical (unpaired) electrons. The van der Waals surface area contributed by atoms with Gasteiger partial charge in [-0.3, -0.25) is 9.48 Å². The monoisotopic (exact) mass is 499 g/mol. The second kappa shape index (κ2) is 11.3. The van der Waals surface area contributed by atoms with Crippen LogP contribution in [0.15, 0.2) is 36.7 Å². The standard InChI is InChI=1S/C24H29N5O3S2/c1-6-28(7-2)22(30)20-16(4)19(23(31)32-5)21(34-20)27-24(33)26-18-12-25-29(14-18)13-17-10-8-15(3)9-11-17/h8-12,14H,6-7,13H2,1-5H3,(H2,26,27,33). The van der Waals surface area contributed by atoms with Crippen molar-refractivity contribution in [2.45, 2.75) is 34.2 Å². The normalized spacial score (nSPS) is 10.6. The fourth-order valence-corrected chi connectivity index (χ4v) is 4.92. The molecule has 0 unspecified atom stereocenters. The molecule has 3 rings (SSSR count). The summed E-state index contributed by atoms with van der Waals surface area (Å²) in [5, 5.41) is 11.3. The number of nitrogens with zero attached hydrogens (tertiary/aromatic N) is 3. The number of rotatable bonds is 8. The van der Waals surface area contributed by atoms with Crippen LogP contribution in [0, 0.1) is 13.8 Å². The average molecular weight is 500 g/mol. The van der Waals surface area contributed by atoms with E-state index in [1.807, 2.05) is 24.7 Å². The summed E-state index contributed by atoms with van der Waals surface area (Å²) in [5.74, 6) is -0.648. The molecule has 2 aromatic heterocycles. The van der Waals surface area contributed by atoms with Crippen LogP contribution in [0.3, 0.4) is 0 Å². The fourth-order valence-electron chi connectivity index (χ4n) is 3.47. The van der Waals surface area contributed by atoms with Crippen molar-refractivity contribution in [3.05, 3.63) is 63.8 Å². The summed E-state index contributed by atoms with van der Waals surface area (Å²) in [6.45, 7) is 9.43. The molecule has 0 fully saturated rings. The molecule has 0 saturated heterocycles. The highest BCUT2D eigenvalue weighted by molar-refractivity contribution is 7.80. The van der Waals surface area contributed by atoms with Crippen molar-refractivity contribution >= 4 is 51.2 Å². The lowest BCUT2D eigenvalue weighted by atomic mass is 10.1. The van der Waals surface area contributed by atoms with Crippen LogP contribution in [0.2, 0.25) is 0 Å². The van der Waals surface area contributed by atoms with Crippen LogP contribution in [-0.2, 0) is 11.3 Å². The fraction of sp³-hybridized carbons (Fsp3) is 0.333. The van der Waals surface area contributed by atoms with Crippen LogP contribution >= 0.6 is 23.6 Å². The number of nitrogens with one attached hydrogen (secondary N) is 2. The summed E-state index contributed by atoms with van der Waals surface area (Å²) in [6.07, 6.45) is 3.53. The van der Waals surface area contributed by atoms with Crippen molar-refractivity contribution in [2.75, 3.05) is 30.8 Å². The van der Waals surface area contributed by atoms with Crippen molar-refractivity contribution in [1.29, 1.82) is 0 Å². The molecule has 2 heterocycles. The minimum absolute atomic E-state index is 0.123. The Morgan fingerprint density at radius 3 is 2.44 bits per heavy atom. The number of anilines is 2. The Morgan fingerprint density at radius 1 is 1.15 bits per heavy atom. The molecule has 0 saturated carbocycles. The Bertz CT molecular complexity index is 1180. The number of thiocarbonyl (C=S) groups is 1. The summed E-state index contributed by atoms with van der Waals surface area (Å²) >= 11 is 6.66. The van der Waals surface area contributed by atoms with Crippen molar-refractivity contribution in [2.24, 2.45) is 0 Å². The van der Waals surface area contributed by atoms with Gasteiger partial charge in [0.05, 0.1) is 36.0 Å². The van der Waals surface area contributed by atoms with E-state index in [9.17, 15) is 9.59 Å². The maximum Gasteiger partial charge on any atom is 0.341 e. The third kappa shape index (κ3) is 5.81. The first-order valence-corrected chi connectivity index (χ1v) is 12.2. The second-order valence-electron chi connectivity index (χ2n) is 7.72. The van der Waals surface area contributed by atoms with E-state index >= 15 is 0 Å². The average Bonchev–Trinajstić information content (AvgIpc) is 3.38. The molecule has 10 heteroatoms. The predicted molar refractivity (Wildman–Crippen MR) is 140 cm³/mol. The predicted octanol–water partition coefficient (Wildman–Crippen LogP) is 4.69. The number of ether oxygens (including phenoxy) is 1. The zero-order chi connectivity index (χ0) is 24.8. The third-order valence-electron chi connectivity index (χ3n) is 5.36. The molecule has 0 atom stereocenters. The number of hydrogen-bond donors (Lipinski definition) is 2. The molecule has 0 bridgehead atoms. The molecule has 0 aliphatic carbocycles. The van der Waals surface area contributed by atoms with Crippen molar-refractivity contribution in [3.63, 3.8) is 0 Å². The van der Waals surface area contributed by atoms with E-state index in [-0.39, 0.29) is 11.0 Å². The van der Waals surface area contributed by atoms with Crippen molar-refractivity contribution in [3.8, 4) is 0 Å². The lowest BCUT2D eigenvalue weighted by Gasteiger charge is -2.17. The number of carbonyl (C=O) groups is 2. The molecule has 8 nitrogen and oxygen atoms in total. The highest BCUT2D eigenvalue weighted by Gasteiger charge is 2.27. The molecule has 34 heavy (non-hydrogen) atoms. The van der Waals surface area contributed by atoms with Crippen LogP contribution in [0.5, 0.6) is 0 Å². The van der Waals surface area contributed by atoms with Gasteiger partial charge in [0, 0.05) is 19.3 Å². The highest BCUT2D eigenvalue weighted by atomic mass is 32.1. The van der Waals surface area contributed by atoms with Crippen molar-refractivity contribution in [1.82, 2.24) is 14.7 Å². The van der Waals surface area contributed by atoms with E-state index in [2.05, 4.69) is 46.9 Å². The molecule has 0 aliphatic heterocycles. The van der Waals surface area contributed by atoms with Gasteiger partial charge in [0.15, 0.2) is 5.11 Å². The first-order valence-electron chi connectivity index (χ1n) is 10.9. The Morgan fingerprint density at radius 2 is 1.82 bits per heavy atom. The third-order valence-corrected chi connectivity index (χ3v) is 6.76. The first kappa shape index (κ1) is 25.4. The molecule has 3 aromatic rings. The molecule has 0 spiro atoms. The van der Waals surface area contributed by atoms with E-state index in [0.717, 1.165) is 5.56 Å². The van der Waals surface area contributed by atoms with Gasteiger partial charge in [0.2, 0.25) is 0 Å². The SMILES string of the molecule is CCN(CC)C(=O)c1sc(NC(=S)Nc2cnn(Cc3ccc(C)cc3)c2)c(C(=O)OC)c1C. The van der Waals surface area contributed by atoms with Crippen LogP contribution in [-0.4, -0.2) is 51.9 Å². The zero-order valence-corrected chi connectivity index (χ0v) is 21.6. The first-order chi connectivity index (χ1) is 16.3. The Balaban J connectivity index is 1.75. The largest absolute Gasteiger partial charge is 0.465 e. The van der Waals surface area contributed by atoms with Crippen LogP contribution in [0.1, 0.15) is 50.6 Å². The number of aromatic nitrogens is 2. The second-order valence-corrected chi connectivity index (χ2v) is 9.15. The maximum atomic E-state index is 12.9. The minimum atomic E-state index is -0.524. The van der Waals surface area contributed by atoms with E-state index in [1.165, 1.54) is 24.0 Å². The van der Waals surface area contributed by atoms with Gasteiger partial charge in [-0.25, -0.2) is 4.79 Å². The quantitative estimate of drug-likeness (QED) is 0.343. The number of aryl methyl sites for hydroxylation is 1. The number of esters is 1. The van der Waals surface area contributed by atoms with E-state index in [0.29, 0.717) is 46.3 Å². The van der Waals surface area contributed by atoms with Gasteiger partial charge in [0.25, 0.3) is 5.91 Å². The summed E-state index contributed by atoms with van der Waals surface area (Å²) in [7, 11) is 1.31. The zero-order valence-electron chi connectivity index (χ0n) is 20.0. The lowest BCUT2D eigenvalue weighted by molar-refractivity contribution is 0.0601. The molecular weight excluding hydrogens is 470 g/mol. The summed E-state index contributed by atoms with van der Waals surface area (Å²) in [6, 6.07) is 8.28. The van der Waals surface area contributed by atoms with Crippen LogP contribution in [0.25, 0.3) is 0 Å². The van der Waals surface area contributed by atoms with Gasteiger partial charge in [-0.05, 0) is 51.0 Å². The van der Waals surface area contributed by atoms with Gasteiger partial charge < -0.3 is 20.3 Å². The number of methoxy groups -OCH3 is 1. The Kier molecular flexibility index (Phi) is 8.41. The number of hydrogen-bond acceptors (Lipinski definition) is 6. The van der Waals surface area contributed by atoms with Crippen LogP contribution in [0.4, 0.5) is 10.7 Å². The number of benzene rings is 1. The molecule has 0 aliphatic rings. The Labute approximate surface area is 208 Å². The smallest absolute Gasteiger partial charge is 0.341 e. The Hall–Kier alpha value is -3.24.